The second-order valence-corrected chi connectivity index (χ2v) is 3.51. The molecule has 0 radical (unpaired) electrons. The topological polar surface area (TPSA) is 56.5 Å². The number of nitrogens with zero attached hydrogens (tertiary/aromatic N) is 5. The van der Waals surface area contributed by atoms with Crippen LogP contribution in [0.1, 0.15) is 0 Å². The van der Waals surface area contributed by atoms with Gasteiger partial charge in [0.05, 0.1) is 17.2 Å². The average molecular weight is 211 g/mol. The molecule has 0 saturated carbocycles. The van der Waals surface area contributed by atoms with Crippen molar-refractivity contribution < 1.29 is 0 Å². The molecule has 0 amide bonds. The van der Waals surface area contributed by atoms with E-state index >= 15 is 0 Å². The van der Waals surface area contributed by atoms with Gasteiger partial charge < -0.3 is 4.57 Å². The highest BCUT2D eigenvalue weighted by atomic mass is 15.3. The Labute approximate surface area is 91.8 Å². The smallest absolute Gasteiger partial charge is 0.183 e. The van der Waals surface area contributed by atoms with Crippen molar-refractivity contribution in [3.05, 3.63) is 36.8 Å². The molecule has 0 saturated heterocycles. The molecule has 3 rings (SSSR count). The monoisotopic (exact) mass is 211 g/mol. The van der Waals surface area contributed by atoms with Crippen LogP contribution in [0.5, 0.6) is 0 Å². The third-order valence-corrected chi connectivity index (χ3v) is 2.39. The molecule has 0 unspecified atom stereocenters. The maximum Gasteiger partial charge on any atom is 0.183 e. The summed E-state index contributed by atoms with van der Waals surface area (Å²) in [6.45, 7) is 0. The zero-order valence-corrected chi connectivity index (χ0v) is 8.70. The molecule has 16 heavy (non-hydrogen) atoms. The molecule has 0 fully saturated rings. The third kappa shape index (κ3) is 1.33. The molecule has 5 heteroatoms. The summed E-state index contributed by atoms with van der Waals surface area (Å²) in [4.78, 5) is 8.83. The Hall–Kier alpha value is -2.30. The molecule has 0 N–H and O–H groups in total. The van der Waals surface area contributed by atoms with Gasteiger partial charge in [0.2, 0.25) is 0 Å². The van der Waals surface area contributed by atoms with Crippen molar-refractivity contribution in [1.29, 1.82) is 0 Å². The van der Waals surface area contributed by atoms with E-state index in [-0.39, 0.29) is 0 Å². The van der Waals surface area contributed by atoms with Gasteiger partial charge in [-0.05, 0) is 12.1 Å². The van der Waals surface area contributed by atoms with E-state index in [1.54, 1.807) is 12.5 Å². The highest BCUT2D eigenvalue weighted by Crippen LogP contribution is 2.15. The highest BCUT2D eigenvalue weighted by molar-refractivity contribution is 5.75. The lowest BCUT2D eigenvalue weighted by molar-refractivity contribution is 0.913. The van der Waals surface area contributed by atoms with Crippen LogP contribution in [0.15, 0.2) is 36.8 Å². The molecule has 5 nitrogen and oxygen atoms in total. The van der Waals surface area contributed by atoms with Crippen molar-refractivity contribution in [2.24, 2.45) is 7.05 Å². The highest BCUT2D eigenvalue weighted by Gasteiger charge is 2.07. The third-order valence-electron chi connectivity index (χ3n) is 2.39. The summed E-state index contributed by atoms with van der Waals surface area (Å²) in [6, 6.07) is 7.75. The van der Waals surface area contributed by atoms with Crippen LogP contribution in [0.3, 0.4) is 0 Å². The standard InChI is InChI=1S/C11H9N5/c1-16-7-13-15-11(16)10-6-12-8-4-2-3-5-9(8)14-10/h2-7H,1H3. The summed E-state index contributed by atoms with van der Waals surface area (Å²) in [6.07, 6.45) is 3.36. The van der Waals surface area contributed by atoms with Gasteiger partial charge in [0.25, 0.3) is 0 Å². The Kier molecular flexibility index (Phi) is 1.89. The van der Waals surface area contributed by atoms with Crippen molar-refractivity contribution in [1.82, 2.24) is 24.7 Å². The van der Waals surface area contributed by atoms with Crippen LogP contribution < -0.4 is 0 Å². The molecule has 0 aliphatic rings. The summed E-state index contributed by atoms with van der Waals surface area (Å²) in [5.41, 5.74) is 2.48. The maximum absolute atomic E-state index is 4.49. The first-order valence-electron chi connectivity index (χ1n) is 4.91. The molecule has 2 heterocycles. The van der Waals surface area contributed by atoms with E-state index in [1.165, 1.54) is 0 Å². The molecule has 1 aromatic carbocycles. The minimum atomic E-state index is 0.721. The van der Waals surface area contributed by atoms with Crippen LogP contribution in [-0.4, -0.2) is 24.7 Å². The number of aromatic nitrogens is 5. The molecule has 0 atom stereocenters. The lowest BCUT2D eigenvalue weighted by atomic mass is 10.3. The van der Waals surface area contributed by atoms with Crippen LogP contribution in [0.4, 0.5) is 0 Å². The van der Waals surface area contributed by atoms with Gasteiger partial charge in [-0.25, -0.2) is 4.98 Å². The molecule has 0 aliphatic heterocycles. The van der Waals surface area contributed by atoms with Gasteiger partial charge in [0.1, 0.15) is 12.0 Å². The lowest BCUT2D eigenvalue weighted by Crippen LogP contribution is -1.95. The molecule has 3 aromatic rings. The number of aryl methyl sites for hydroxylation is 1. The summed E-state index contributed by atoms with van der Waals surface area (Å²) in [5, 5.41) is 7.83. The minimum absolute atomic E-state index is 0.721. The summed E-state index contributed by atoms with van der Waals surface area (Å²) < 4.78 is 1.82. The molecule has 0 bridgehead atoms. The Morgan fingerprint density at radius 3 is 2.69 bits per heavy atom. The van der Waals surface area contributed by atoms with Gasteiger partial charge in [0.15, 0.2) is 5.82 Å². The first-order chi connectivity index (χ1) is 7.84. The van der Waals surface area contributed by atoms with E-state index in [4.69, 9.17) is 0 Å². The molecule has 2 aromatic heterocycles. The number of benzene rings is 1. The number of para-hydroxylation sites is 2. The van der Waals surface area contributed by atoms with E-state index in [9.17, 15) is 0 Å². The summed E-state index contributed by atoms with van der Waals surface area (Å²) >= 11 is 0. The molecule has 78 valence electrons. The summed E-state index contributed by atoms with van der Waals surface area (Å²) in [7, 11) is 1.88. The van der Waals surface area contributed by atoms with Gasteiger partial charge in [-0.1, -0.05) is 12.1 Å². The Morgan fingerprint density at radius 2 is 1.94 bits per heavy atom. The van der Waals surface area contributed by atoms with E-state index in [0.717, 1.165) is 22.6 Å². The second kappa shape index (κ2) is 3.37. The van der Waals surface area contributed by atoms with Crippen molar-refractivity contribution in [2.75, 3.05) is 0 Å². The Morgan fingerprint density at radius 1 is 1.12 bits per heavy atom. The van der Waals surface area contributed by atoms with E-state index in [2.05, 4.69) is 20.2 Å². The largest absolute Gasteiger partial charge is 0.315 e. The number of rotatable bonds is 1. The van der Waals surface area contributed by atoms with Crippen LogP contribution >= 0.6 is 0 Å². The number of hydrogen-bond acceptors (Lipinski definition) is 4. The maximum atomic E-state index is 4.49. The van der Waals surface area contributed by atoms with Crippen molar-refractivity contribution in [2.45, 2.75) is 0 Å². The van der Waals surface area contributed by atoms with Crippen LogP contribution in [0, 0.1) is 0 Å². The van der Waals surface area contributed by atoms with Gasteiger partial charge in [-0.15, -0.1) is 10.2 Å². The molecular formula is C11H9N5. The number of hydrogen-bond donors (Lipinski definition) is 0. The van der Waals surface area contributed by atoms with Gasteiger partial charge in [0, 0.05) is 7.05 Å². The van der Waals surface area contributed by atoms with Gasteiger partial charge in [-0.3, -0.25) is 4.98 Å². The second-order valence-electron chi connectivity index (χ2n) is 3.51. The Balaban J connectivity index is 2.23. The average Bonchev–Trinajstić information content (AvgIpc) is 2.75. The fourth-order valence-corrected chi connectivity index (χ4v) is 1.58. The lowest BCUT2D eigenvalue weighted by Gasteiger charge is -2.00. The van der Waals surface area contributed by atoms with Gasteiger partial charge in [-0.2, -0.15) is 0 Å². The van der Waals surface area contributed by atoms with E-state index in [1.807, 2.05) is 35.9 Å². The fraction of sp³-hybridized carbons (Fsp3) is 0.0909. The Bertz CT molecular complexity index is 643. The first kappa shape index (κ1) is 8.96. The predicted octanol–water partition coefficient (Wildman–Crippen LogP) is 1.43. The quantitative estimate of drug-likeness (QED) is 0.611. The molecule has 0 aliphatic carbocycles. The van der Waals surface area contributed by atoms with E-state index < -0.39 is 0 Å². The normalized spacial score (nSPS) is 10.8. The van der Waals surface area contributed by atoms with Crippen molar-refractivity contribution >= 4 is 11.0 Å². The van der Waals surface area contributed by atoms with Crippen LogP contribution in [0.25, 0.3) is 22.6 Å². The van der Waals surface area contributed by atoms with Crippen molar-refractivity contribution in [3.8, 4) is 11.5 Å². The van der Waals surface area contributed by atoms with Gasteiger partial charge >= 0.3 is 0 Å². The molecule has 0 spiro atoms. The first-order valence-corrected chi connectivity index (χ1v) is 4.91. The summed E-state index contributed by atoms with van der Waals surface area (Å²) in [5.74, 6) is 0.721. The van der Waals surface area contributed by atoms with Crippen LogP contribution in [-0.2, 0) is 7.05 Å². The zero-order chi connectivity index (χ0) is 11.0. The minimum Gasteiger partial charge on any atom is -0.315 e. The zero-order valence-electron chi connectivity index (χ0n) is 8.70. The number of fused-ring (bicyclic) bond motifs is 1. The molecular weight excluding hydrogens is 202 g/mol. The van der Waals surface area contributed by atoms with E-state index in [0.29, 0.717) is 0 Å². The van der Waals surface area contributed by atoms with Crippen LogP contribution in [0.2, 0.25) is 0 Å². The van der Waals surface area contributed by atoms with Crippen molar-refractivity contribution in [3.63, 3.8) is 0 Å². The predicted molar refractivity (Wildman–Crippen MR) is 59.5 cm³/mol. The fourth-order valence-electron chi connectivity index (χ4n) is 1.58. The SMILES string of the molecule is Cn1cnnc1-c1cnc2ccccc2n1.